The number of carbonyl (C=O) groups is 2. The fourth-order valence-electron chi connectivity index (χ4n) is 2.20. The van der Waals surface area contributed by atoms with E-state index in [0.29, 0.717) is 18.0 Å². The van der Waals surface area contributed by atoms with E-state index in [9.17, 15) is 9.59 Å². The molecule has 134 valence electrons. The molecule has 0 unspecified atom stereocenters. The Morgan fingerprint density at radius 3 is 2.38 bits per heavy atom. The van der Waals surface area contributed by atoms with Crippen molar-refractivity contribution in [3.8, 4) is 11.5 Å². The van der Waals surface area contributed by atoms with Crippen molar-refractivity contribution >= 4 is 11.8 Å². The van der Waals surface area contributed by atoms with Gasteiger partial charge in [-0.2, -0.15) is 0 Å². The predicted molar refractivity (Wildman–Crippen MR) is 92.2 cm³/mol. The van der Waals surface area contributed by atoms with Crippen molar-refractivity contribution in [1.82, 2.24) is 15.5 Å². The Morgan fingerprint density at radius 2 is 1.79 bits per heavy atom. The average Bonchev–Trinajstić information content (AvgIpc) is 2.52. The zero-order valence-electron chi connectivity index (χ0n) is 15.0. The zero-order chi connectivity index (χ0) is 18.1. The van der Waals surface area contributed by atoms with Crippen LogP contribution < -0.4 is 20.1 Å². The van der Waals surface area contributed by atoms with Gasteiger partial charge in [0, 0.05) is 12.6 Å². The molecule has 0 atom stereocenters. The minimum Gasteiger partial charge on any atom is -0.493 e. The topological polar surface area (TPSA) is 79.9 Å². The largest absolute Gasteiger partial charge is 0.493 e. The van der Waals surface area contributed by atoms with Crippen LogP contribution in [0.25, 0.3) is 0 Å². The zero-order valence-corrected chi connectivity index (χ0v) is 15.0. The van der Waals surface area contributed by atoms with Gasteiger partial charge in [-0.1, -0.05) is 6.07 Å². The normalized spacial score (nSPS) is 10.6. The number of amides is 2. The average molecular weight is 337 g/mol. The number of hydrogen-bond acceptors (Lipinski definition) is 5. The van der Waals surface area contributed by atoms with Crippen LogP contribution in [0.4, 0.5) is 0 Å². The van der Waals surface area contributed by atoms with Gasteiger partial charge >= 0.3 is 0 Å². The minimum absolute atomic E-state index is 0.0127. The van der Waals surface area contributed by atoms with Crippen molar-refractivity contribution in [2.75, 3.05) is 34.4 Å². The van der Waals surface area contributed by atoms with Crippen LogP contribution in [-0.4, -0.2) is 57.1 Å². The maximum Gasteiger partial charge on any atom is 0.239 e. The van der Waals surface area contributed by atoms with E-state index < -0.39 is 0 Å². The van der Waals surface area contributed by atoms with Crippen molar-refractivity contribution < 1.29 is 19.1 Å². The Bertz CT molecular complexity index is 561. The van der Waals surface area contributed by atoms with Gasteiger partial charge in [-0.05, 0) is 38.6 Å². The molecule has 0 aromatic heterocycles. The molecule has 7 heteroatoms. The highest BCUT2D eigenvalue weighted by atomic mass is 16.5. The number of rotatable bonds is 9. The first-order valence-electron chi connectivity index (χ1n) is 7.81. The summed E-state index contributed by atoms with van der Waals surface area (Å²) in [5.74, 6) is 0.925. The lowest BCUT2D eigenvalue weighted by atomic mass is 10.2. The van der Waals surface area contributed by atoms with Crippen molar-refractivity contribution in [3.63, 3.8) is 0 Å². The van der Waals surface area contributed by atoms with Crippen LogP contribution in [-0.2, 0) is 16.1 Å². The molecule has 0 spiro atoms. The number of methoxy groups -OCH3 is 2. The summed E-state index contributed by atoms with van der Waals surface area (Å²) in [5, 5.41) is 5.33. The van der Waals surface area contributed by atoms with E-state index in [1.165, 1.54) is 0 Å². The molecule has 1 aromatic rings. The molecule has 2 amide bonds. The molecule has 0 aliphatic carbocycles. The van der Waals surface area contributed by atoms with Crippen LogP contribution in [0.2, 0.25) is 0 Å². The van der Waals surface area contributed by atoms with E-state index in [0.717, 1.165) is 5.56 Å². The van der Waals surface area contributed by atoms with Crippen LogP contribution in [0.3, 0.4) is 0 Å². The Kier molecular flexibility index (Phi) is 8.05. The number of likely N-dealkylation sites (N-methyl/N-ethyl adjacent to an activating group) is 1. The summed E-state index contributed by atoms with van der Waals surface area (Å²) in [6.45, 7) is 4.50. The Hall–Kier alpha value is -2.28. The Balaban J connectivity index is 2.46. The highest BCUT2D eigenvalue weighted by Crippen LogP contribution is 2.27. The van der Waals surface area contributed by atoms with Crippen LogP contribution in [0.15, 0.2) is 18.2 Å². The number of benzene rings is 1. The quantitative estimate of drug-likeness (QED) is 0.696. The fourth-order valence-corrected chi connectivity index (χ4v) is 2.20. The van der Waals surface area contributed by atoms with Crippen molar-refractivity contribution in [2.24, 2.45) is 0 Å². The SMILES string of the molecule is COc1ccc(CN(C)CC(=O)NCC(=O)NC(C)C)cc1OC. The molecule has 0 radical (unpaired) electrons. The smallest absolute Gasteiger partial charge is 0.239 e. The van der Waals surface area contributed by atoms with Crippen LogP contribution in [0.5, 0.6) is 11.5 Å². The number of nitrogens with one attached hydrogen (secondary N) is 2. The third kappa shape index (κ3) is 6.87. The summed E-state index contributed by atoms with van der Waals surface area (Å²) in [5.41, 5.74) is 1.00. The summed E-state index contributed by atoms with van der Waals surface area (Å²) in [7, 11) is 5.01. The highest BCUT2D eigenvalue weighted by Gasteiger charge is 2.11. The third-order valence-electron chi connectivity index (χ3n) is 3.21. The van der Waals surface area contributed by atoms with Crippen LogP contribution in [0, 0.1) is 0 Å². The monoisotopic (exact) mass is 337 g/mol. The highest BCUT2D eigenvalue weighted by molar-refractivity contribution is 5.85. The number of hydrogen-bond donors (Lipinski definition) is 2. The van der Waals surface area contributed by atoms with Gasteiger partial charge in [0.2, 0.25) is 11.8 Å². The summed E-state index contributed by atoms with van der Waals surface area (Å²) < 4.78 is 10.5. The number of nitrogens with zero attached hydrogens (tertiary/aromatic N) is 1. The molecule has 0 aliphatic heterocycles. The minimum atomic E-state index is -0.197. The van der Waals surface area contributed by atoms with Crippen LogP contribution >= 0.6 is 0 Å². The first-order valence-corrected chi connectivity index (χ1v) is 7.81. The fraction of sp³-hybridized carbons (Fsp3) is 0.529. The van der Waals surface area contributed by atoms with Crippen molar-refractivity contribution in [1.29, 1.82) is 0 Å². The van der Waals surface area contributed by atoms with Crippen LogP contribution in [0.1, 0.15) is 19.4 Å². The Labute approximate surface area is 143 Å². The van der Waals surface area contributed by atoms with E-state index >= 15 is 0 Å². The molecule has 0 saturated heterocycles. The van der Waals surface area contributed by atoms with E-state index in [4.69, 9.17) is 9.47 Å². The van der Waals surface area contributed by atoms with E-state index in [1.54, 1.807) is 14.2 Å². The lowest BCUT2D eigenvalue weighted by Gasteiger charge is -2.17. The van der Waals surface area contributed by atoms with E-state index in [2.05, 4.69) is 10.6 Å². The molecular formula is C17H27N3O4. The predicted octanol–water partition coefficient (Wildman–Crippen LogP) is 0.776. The van der Waals surface area contributed by atoms with Gasteiger partial charge < -0.3 is 20.1 Å². The summed E-state index contributed by atoms with van der Waals surface area (Å²) >= 11 is 0. The van der Waals surface area contributed by atoms with Crippen molar-refractivity contribution in [2.45, 2.75) is 26.4 Å². The van der Waals surface area contributed by atoms with E-state index in [-0.39, 0.29) is 30.9 Å². The van der Waals surface area contributed by atoms with Gasteiger partial charge in [-0.3, -0.25) is 14.5 Å². The maximum absolute atomic E-state index is 11.9. The molecular weight excluding hydrogens is 310 g/mol. The molecule has 7 nitrogen and oxygen atoms in total. The number of carbonyl (C=O) groups excluding carboxylic acids is 2. The molecule has 0 saturated carbocycles. The second-order valence-corrected chi connectivity index (χ2v) is 5.86. The van der Waals surface area contributed by atoms with E-state index in [1.807, 2.05) is 44.0 Å². The second kappa shape index (κ2) is 9.77. The summed E-state index contributed by atoms with van der Waals surface area (Å²) in [4.78, 5) is 25.2. The molecule has 24 heavy (non-hydrogen) atoms. The number of ether oxygens (including phenoxy) is 2. The molecule has 0 fully saturated rings. The summed E-state index contributed by atoms with van der Waals surface area (Å²) in [6.07, 6.45) is 0. The van der Waals surface area contributed by atoms with Gasteiger partial charge in [0.15, 0.2) is 11.5 Å². The standard InChI is InChI=1S/C17H27N3O4/c1-12(2)19-16(21)9-18-17(22)11-20(3)10-13-6-7-14(23-4)15(8-13)24-5/h6-8,12H,9-11H2,1-5H3,(H,18,22)(H,19,21). The van der Waals surface area contributed by atoms with Gasteiger partial charge in [-0.15, -0.1) is 0 Å². The first kappa shape index (κ1) is 19.8. The Morgan fingerprint density at radius 1 is 1.12 bits per heavy atom. The molecule has 1 rings (SSSR count). The molecule has 0 bridgehead atoms. The lowest BCUT2D eigenvalue weighted by molar-refractivity contribution is -0.126. The molecule has 2 N–H and O–H groups in total. The summed E-state index contributed by atoms with van der Waals surface area (Å²) in [6, 6.07) is 5.69. The van der Waals surface area contributed by atoms with Gasteiger partial charge in [0.1, 0.15) is 0 Å². The maximum atomic E-state index is 11.9. The molecule has 0 heterocycles. The van der Waals surface area contributed by atoms with Gasteiger partial charge in [0.25, 0.3) is 0 Å². The van der Waals surface area contributed by atoms with Gasteiger partial charge in [-0.25, -0.2) is 0 Å². The molecule has 1 aromatic carbocycles. The first-order chi connectivity index (χ1) is 11.3. The second-order valence-electron chi connectivity index (χ2n) is 5.86. The third-order valence-corrected chi connectivity index (χ3v) is 3.21. The molecule has 0 aliphatic rings. The van der Waals surface area contributed by atoms with Crippen molar-refractivity contribution in [3.05, 3.63) is 23.8 Å². The van der Waals surface area contributed by atoms with Gasteiger partial charge in [0.05, 0.1) is 27.3 Å². The lowest BCUT2D eigenvalue weighted by Crippen LogP contribution is -2.42.